The molecule has 3 heterocycles. The molecule has 1 aliphatic heterocycles. The minimum absolute atomic E-state index is 0.0300. The highest BCUT2D eigenvalue weighted by molar-refractivity contribution is 5.87. The zero-order valence-corrected chi connectivity index (χ0v) is 15.4. The van der Waals surface area contributed by atoms with Gasteiger partial charge in [0.15, 0.2) is 5.65 Å². The first-order valence-corrected chi connectivity index (χ1v) is 9.22. The van der Waals surface area contributed by atoms with Crippen LogP contribution < -0.4 is 10.2 Å². The second-order valence-corrected chi connectivity index (χ2v) is 7.44. The Morgan fingerprint density at radius 3 is 2.80 bits per heavy atom. The van der Waals surface area contributed by atoms with Gasteiger partial charge in [0.05, 0.1) is 11.6 Å². The Balaban J connectivity index is 1.71. The summed E-state index contributed by atoms with van der Waals surface area (Å²) in [5.41, 5.74) is 0.725. The molecule has 7 heteroatoms. The third-order valence-corrected chi connectivity index (χ3v) is 4.83. The molecule has 1 N–H and O–H groups in total. The number of nitrogens with zero attached hydrogens (tertiary/aromatic N) is 5. The topological polar surface area (TPSA) is 75.9 Å². The van der Waals surface area contributed by atoms with Crippen LogP contribution in [-0.2, 0) is 11.3 Å². The minimum Gasteiger partial charge on any atom is -0.356 e. The lowest BCUT2D eigenvalue weighted by Crippen LogP contribution is -2.33. The van der Waals surface area contributed by atoms with Gasteiger partial charge in [-0.1, -0.05) is 20.8 Å². The number of hydrogen-bond acceptors (Lipinski definition) is 5. The summed E-state index contributed by atoms with van der Waals surface area (Å²) in [4.78, 5) is 23.3. The van der Waals surface area contributed by atoms with Gasteiger partial charge in [-0.25, -0.2) is 14.6 Å². The summed E-state index contributed by atoms with van der Waals surface area (Å²) < 4.78 is 1.66. The van der Waals surface area contributed by atoms with Gasteiger partial charge >= 0.3 is 0 Å². The third kappa shape index (κ3) is 4.27. The Morgan fingerprint density at radius 1 is 1.32 bits per heavy atom. The van der Waals surface area contributed by atoms with Gasteiger partial charge in [0, 0.05) is 19.6 Å². The van der Waals surface area contributed by atoms with Crippen molar-refractivity contribution in [2.75, 3.05) is 24.5 Å². The molecule has 0 atom stereocenters. The van der Waals surface area contributed by atoms with Crippen molar-refractivity contribution in [3.05, 3.63) is 12.5 Å². The van der Waals surface area contributed by atoms with Crippen molar-refractivity contribution in [3.8, 4) is 0 Å². The quantitative estimate of drug-likeness (QED) is 0.869. The molecule has 25 heavy (non-hydrogen) atoms. The Labute approximate surface area is 148 Å². The molecule has 0 aromatic carbocycles. The van der Waals surface area contributed by atoms with Crippen LogP contribution in [0.5, 0.6) is 0 Å². The van der Waals surface area contributed by atoms with Crippen molar-refractivity contribution in [1.29, 1.82) is 0 Å². The molecule has 0 radical (unpaired) electrons. The first-order chi connectivity index (χ1) is 12.0. The number of amides is 1. The first-order valence-electron chi connectivity index (χ1n) is 9.22. The summed E-state index contributed by atoms with van der Waals surface area (Å²) >= 11 is 0. The van der Waals surface area contributed by atoms with Crippen molar-refractivity contribution in [1.82, 2.24) is 25.1 Å². The highest BCUT2D eigenvalue weighted by Crippen LogP contribution is 2.26. The molecular weight excluding hydrogens is 316 g/mol. The van der Waals surface area contributed by atoms with E-state index >= 15 is 0 Å². The van der Waals surface area contributed by atoms with Crippen LogP contribution in [0.1, 0.15) is 40.0 Å². The molecule has 7 nitrogen and oxygen atoms in total. The van der Waals surface area contributed by atoms with E-state index in [1.54, 1.807) is 17.2 Å². The van der Waals surface area contributed by atoms with E-state index in [9.17, 15) is 4.79 Å². The number of carbonyl (C=O) groups excluding carboxylic acids is 1. The molecule has 1 amide bonds. The van der Waals surface area contributed by atoms with Gasteiger partial charge in [-0.05, 0) is 31.1 Å². The van der Waals surface area contributed by atoms with Crippen molar-refractivity contribution in [3.63, 3.8) is 0 Å². The molecule has 1 saturated heterocycles. The maximum absolute atomic E-state index is 12.1. The Bertz CT molecular complexity index is 717. The van der Waals surface area contributed by atoms with E-state index in [0.29, 0.717) is 12.5 Å². The lowest BCUT2D eigenvalue weighted by Gasteiger charge is -2.31. The molecule has 0 aliphatic carbocycles. The average Bonchev–Trinajstić information content (AvgIpc) is 2.98. The van der Waals surface area contributed by atoms with E-state index in [4.69, 9.17) is 0 Å². The number of piperidine rings is 1. The largest absolute Gasteiger partial charge is 0.356 e. The van der Waals surface area contributed by atoms with E-state index in [2.05, 4.69) is 46.1 Å². The van der Waals surface area contributed by atoms with Gasteiger partial charge in [0.1, 0.15) is 18.7 Å². The highest BCUT2D eigenvalue weighted by atomic mass is 16.2. The summed E-state index contributed by atoms with van der Waals surface area (Å²) in [5, 5.41) is 8.24. The Kier molecular flexibility index (Phi) is 5.50. The van der Waals surface area contributed by atoms with Gasteiger partial charge in [0.25, 0.3) is 0 Å². The maximum atomic E-state index is 12.1. The van der Waals surface area contributed by atoms with Crippen LogP contribution in [0.15, 0.2) is 12.5 Å². The first kappa shape index (κ1) is 17.6. The zero-order chi connectivity index (χ0) is 17.8. The van der Waals surface area contributed by atoms with Crippen molar-refractivity contribution < 1.29 is 4.79 Å². The van der Waals surface area contributed by atoms with Crippen LogP contribution >= 0.6 is 0 Å². The van der Waals surface area contributed by atoms with Gasteiger partial charge in [-0.3, -0.25) is 4.79 Å². The smallest absolute Gasteiger partial charge is 0.241 e. The summed E-state index contributed by atoms with van der Waals surface area (Å²) in [6.07, 6.45) is 6.69. The molecule has 0 spiro atoms. The number of carbonyl (C=O) groups is 1. The molecule has 0 bridgehead atoms. The average molecular weight is 344 g/mol. The van der Waals surface area contributed by atoms with Crippen LogP contribution in [0.3, 0.4) is 0 Å². The maximum Gasteiger partial charge on any atom is 0.241 e. The fraction of sp³-hybridized carbons (Fsp3) is 0.667. The normalized spacial score (nSPS) is 15.9. The molecule has 2 aromatic rings. The van der Waals surface area contributed by atoms with Gasteiger partial charge in [-0.2, -0.15) is 5.10 Å². The molecule has 0 saturated carbocycles. The standard InChI is InChI=1S/C18H28N6O/c1-13(2)4-7-19-16(25)11-24-18-15(10-22-24)17(20-12-21-18)23-8-5-14(3)6-9-23/h10,12-14H,4-9,11H2,1-3H3,(H,19,25). The van der Waals surface area contributed by atoms with Crippen LogP contribution in [0.25, 0.3) is 11.0 Å². The van der Waals surface area contributed by atoms with Gasteiger partial charge < -0.3 is 10.2 Å². The monoisotopic (exact) mass is 344 g/mol. The van der Waals surface area contributed by atoms with E-state index in [1.807, 2.05) is 0 Å². The number of aromatic nitrogens is 4. The summed E-state index contributed by atoms with van der Waals surface area (Å²) in [5.74, 6) is 2.25. The van der Waals surface area contributed by atoms with Crippen LogP contribution in [0.4, 0.5) is 5.82 Å². The lowest BCUT2D eigenvalue weighted by molar-refractivity contribution is -0.121. The summed E-state index contributed by atoms with van der Waals surface area (Å²) in [6, 6.07) is 0. The fourth-order valence-electron chi connectivity index (χ4n) is 3.16. The number of anilines is 1. The van der Waals surface area contributed by atoms with Crippen LogP contribution in [-0.4, -0.2) is 45.3 Å². The molecule has 1 fully saturated rings. The van der Waals surface area contributed by atoms with Crippen molar-refractivity contribution in [2.24, 2.45) is 11.8 Å². The number of rotatable bonds is 6. The van der Waals surface area contributed by atoms with Crippen molar-refractivity contribution >= 4 is 22.8 Å². The number of nitrogens with one attached hydrogen (secondary N) is 1. The molecule has 1 aliphatic rings. The SMILES string of the molecule is CC(C)CCNC(=O)Cn1ncc2c(N3CCC(C)CC3)ncnc21. The second kappa shape index (κ2) is 7.80. The summed E-state index contributed by atoms with van der Waals surface area (Å²) in [7, 11) is 0. The van der Waals surface area contributed by atoms with Crippen LogP contribution in [0.2, 0.25) is 0 Å². The van der Waals surface area contributed by atoms with Crippen LogP contribution in [0, 0.1) is 11.8 Å². The van der Waals surface area contributed by atoms with Gasteiger partial charge in [0.2, 0.25) is 5.91 Å². The van der Waals surface area contributed by atoms with E-state index < -0.39 is 0 Å². The lowest BCUT2D eigenvalue weighted by atomic mass is 9.99. The van der Waals surface area contributed by atoms with Crippen molar-refractivity contribution in [2.45, 2.75) is 46.6 Å². The predicted octanol–water partition coefficient (Wildman–Crippen LogP) is 2.22. The van der Waals surface area contributed by atoms with E-state index in [1.165, 1.54) is 12.8 Å². The Hall–Kier alpha value is -2.18. The predicted molar refractivity (Wildman–Crippen MR) is 98.4 cm³/mol. The highest BCUT2D eigenvalue weighted by Gasteiger charge is 2.21. The molecule has 2 aromatic heterocycles. The molecule has 0 unspecified atom stereocenters. The second-order valence-electron chi connectivity index (χ2n) is 7.44. The van der Waals surface area contributed by atoms with E-state index in [-0.39, 0.29) is 12.5 Å². The Morgan fingerprint density at radius 2 is 2.08 bits per heavy atom. The number of hydrogen-bond donors (Lipinski definition) is 1. The van der Waals surface area contributed by atoms with E-state index in [0.717, 1.165) is 42.3 Å². The van der Waals surface area contributed by atoms with Gasteiger partial charge in [-0.15, -0.1) is 0 Å². The molecule has 136 valence electrons. The number of fused-ring (bicyclic) bond motifs is 1. The molecule has 3 rings (SSSR count). The minimum atomic E-state index is -0.0300. The molecular formula is C18H28N6O. The third-order valence-electron chi connectivity index (χ3n) is 4.83. The summed E-state index contributed by atoms with van der Waals surface area (Å²) in [6.45, 7) is 9.49. The fourth-order valence-corrected chi connectivity index (χ4v) is 3.16. The zero-order valence-electron chi connectivity index (χ0n) is 15.4.